The molecule has 2 nitrogen and oxygen atoms in total. The van der Waals surface area contributed by atoms with Crippen LogP contribution in [0.5, 0.6) is 0 Å². The minimum absolute atomic E-state index is 0.489. The zero-order valence-electron chi connectivity index (χ0n) is 7.39. The summed E-state index contributed by atoms with van der Waals surface area (Å²) in [4.78, 5) is 0.489. The van der Waals surface area contributed by atoms with E-state index in [1.165, 1.54) is 0 Å². The van der Waals surface area contributed by atoms with E-state index in [1.807, 2.05) is 6.07 Å². The van der Waals surface area contributed by atoms with E-state index in [0.717, 1.165) is 5.69 Å². The van der Waals surface area contributed by atoms with Crippen LogP contribution in [0.15, 0.2) is 18.2 Å². The van der Waals surface area contributed by atoms with Crippen molar-refractivity contribution < 1.29 is 0 Å². The number of halogens is 2. The van der Waals surface area contributed by atoms with Gasteiger partial charge in [0.05, 0.1) is 15.7 Å². The maximum atomic E-state index is 5.93. The highest BCUT2D eigenvalue weighted by molar-refractivity contribution is 7.80. The molecule has 0 aliphatic carbocycles. The first-order chi connectivity index (χ1) is 6.59. The number of anilines is 1. The average molecular weight is 249 g/mol. The highest BCUT2D eigenvalue weighted by atomic mass is 35.5. The molecule has 3 N–H and O–H groups in total. The summed E-state index contributed by atoms with van der Waals surface area (Å²) < 4.78 is 0. The van der Waals surface area contributed by atoms with Gasteiger partial charge in [0.1, 0.15) is 0 Å². The summed E-state index contributed by atoms with van der Waals surface area (Å²) in [6, 6.07) is 5.28. The Bertz CT molecular complexity index is 342. The van der Waals surface area contributed by atoms with Crippen LogP contribution in [0.4, 0.5) is 5.69 Å². The number of hydrogen-bond acceptors (Lipinski definition) is 2. The third-order valence-electron chi connectivity index (χ3n) is 1.62. The summed E-state index contributed by atoms with van der Waals surface area (Å²) in [5, 5.41) is 4.33. The van der Waals surface area contributed by atoms with Gasteiger partial charge in [-0.2, -0.15) is 0 Å². The van der Waals surface area contributed by atoms with Crippen LogP contribution in [-0.4, -0.2) is 11.5 Å². The van der Waals surface area contributed by atoms with Gasteiger partial charge >= 0.3 is 0 Å². The standard InChI is InChI=1S/C9H10Cl2N2S/c10-6-1-2-8(7(11)5-6)13-4-3-9(12)14/h1-2,5,13H,3-4H2,(H2,12,14). The van der Waals surface area contributed by atoms with Gasteiger partial charge in [0.25, 0.3) is 0 Å². The summed E-state index contributed by atoms with van der Waals surface area (Å²) >= 11 is 16.4. The Labute approximate surface area is 98.4 Å². The molecule has 1 rings (SSSR count). The van der Waals surface area contributed by atoms with Gasteiger partial charge in [-0.15, -0.1) is 0 Å². The van der Waals surface area contributed by atoms with Crippen LogP contribution in [0.25, 0.3) is 0 Å². The zero-order chi connectivity index (χ0) is 10.6. The fourth-order valence-electron chi connectivity index (χ4n) is 0.953. The molecule has 0 fully saturated rings. The second-order valence-corrected chi connectivity index (χ2v) is 4.14. The third kappa shape index (κ3) is 3.70. The summed E-state index contributed by atoms with van der Waals surface area (Å²) in [6.07, 6.45) is 0.647. The summed E-state index contributed by atoms with van der Waals surface area (Å²) in [7, 11) is 0. The molecule has 0 radical (unpaired) electrons. The molecule has 1 aromatic carbocycles. The molecule has 76 valence electrons. The quantitative estimate of drug-likeness (QED) is 0.805. The summed E-state index contributed by atoms with van der Waals surface area (Å²) in [5.74, 6) is 0. The second kappa shape index (κ2) is 5.39. The Morgan fingerprint density at radius 1 is 1.43 bits per heavy atom. The molecule has 0 unspecified atom stereocenters. The molecular weight excluding hydrogens is 239 g/mol. The highest BCUT2D eigenvalue weighted by Gasteiger charge is 1.99. The van der Waals surface area contributed by atoms with E-state index >= 15 is 0 Å². The number of thiocarbonyl (C=S) groups is 1. The van der Waals surface area contributed by atoms with Crippen molar-refractivity contribution in [3.8, 4) is 0 Å². The van der Waals surface area contributed by atoms with Crippen molar-refractivity contribution in [1.29, 1.82) is 0 Å². The molecular formula is C9H10Cl2N2S. The number of nitrogens with one attached hydrogen (secondary N) is 1. The van der Waals surface area contributed by atoms with Gasteiger partial charge in [0.2, 0.25) is 0 Å². The maximum absolute atomic E-state index is 5.93. The Morgan fingerprint density at radius 2 is 2.14 bits per heavy atom. The van der Waals surface area contributed by atoms with Crippen molar-refractivity contribution in [3.05, 3.63) is 28.2 Å². The van der Waals surface area contributed by atoms with Gasteiger partial charge in [-0.1, -0.05) is 35.4 Å². The van der Waals surface area contributed by atoms with Crippen molar-refractivity contribution in [2.45, 2.75) is 6.42 Å². The first kappa shape index (κ1) is 11.6. The molecule has 0 saturated carbocycles. The average Bonchev–Trinajstić information content (AvgIpc) is 2.08. The van der Waals surface area contributed by atoms with Crippen molar-refractivity contribution in [3.63, 3.8) is 0 Å². The Balaban J connectivity index is 2.55. The van der Waals surface area contributed by atoms with Gasteiger partial charge in [0, 0.05) is 18.0 Å². The highest BCUT2D eigenvalue weighted by Crippen LogP contribution is 2.25. The fraction of sp³-hybridized carbons (Fsp3) is 0.222. The Morgan fingerprint density at radius 3 is 2.71 bits per heavy atom. The minimum atomic E-state index is 0.489. The molecule has 0 bridgehead atoms. The monoisotopic (exact) mass is 248 g/mol. The minimum Gasteiger partial charge on any atom is -0.393 e. The molecule has 1 aromatic rings. The largest absolute Gasteiger partial charge is 0.393 e. The van der Waals surface area contributed by atoms with Crippen LogP contribution < -0.4 is 11.1 Å². The lowest BCUT2D eigenvalue weighted by Crippen LogP contribution is -2.13. The SMILES string of the molecule is NC(=S)CCNc1ccc(Cl)cc1Cl. The smallest absolute Gasteiger partial charge is 0.0745 e. The van der Waals surface area contributed by atoms with Gasteiger partial charge in [0.15, 0.2) is 0 Å². The first-order valence-electron chi connectivity index (χ1n) is 4.07. The van der Waals surface area contributed by atoms with Gasteiger partial charge < -0.3 is 11.1 Å². The normalized spacial score (nSPS) is 9.86. The molecule has 0 aromatic heterocycles. The van der Waals surface area contributed by atoms with Crippen LogP contribution in [0.1, 0.15) is 6.42 Å². The first-order valence-corrected chi connectivity index (χ1v) is 5.23. The van der Waals surface area contributed by atoms with Gasteiger partial charge in [-0.05, 0) is 18.2 Å². The number of nitrogens with two attached hydrogens (primary N) is 1. The van der Waals surface area contributed by atoms with E-state index in [1.54, 1.807) is 12.1 Å². The van der Waals surface area contributed by atoms with E-state index in [0.29, 0.717) is 28.0 Å². The fourth-order valence-corrected chi connectivity index (χ4v) is 1.53. The lowest BCUT2D eigenvalue weighted by atomic mass is 10.3. The lowest BCUT2D eigenvalue weighted by Gasteiger charge is -2.07. The van der Waals surface area contributed by atoms with Crippen LogP contribution in [0, 0.1) is 0 Å². The summed E-state index contributed by atoms with van der Waals surface area (Å²) in [6.45, 7) is 0.677. The number of hydrogen-bond donors (Lipinski definition) is 2. The lowest BCUT2D eigenvalue weighted by molar-refractivity contribution is 1.11. The van der Waals surface area contributed by atoms with Crippen LogP contribution >= 0.6 is 35.4 Å². The summed E-state index contributed by atoms with van der Waals surface area (Å²) in [5.41, 5.74) is 6.20. The van der Waals surface area contributed by atoms with E-state index < -0.39 is 0 Å². The second-order valence-electron chi connectivity index (χ2n) is 2.77. The predicted molar refractivity (Wildman–Crippen MR) is 66.4 cm³/mol. The molecule has 0 saturated heterocycles. The molecule has 0 atom stereocenters. The molecule has 0 heterocycles. The molecule has 0 aliphatic heterocycles. The van der Waals surface area contributed by atoms with Gasteiger partial charge in [-0.25, -0.2) is 0 Å². The third-order valence-corrected chi connectivity index (χ3v) is 2.37. The van der Waals surface area contributed by atoms with E-state index in [-0.39, 0.29) is 0 Å². The molecule has 5 heteroatoms. The van der Waals surface area contributed by atoms with Crippen LogP contribution in [0.3, 0.4) is 0 Å². The van der Waals surface area contributed by atoms with Crippen molar-refractivity contribution in [1.82, 2.24) is 0 Å². The molecule has 0 amide bonds. The van der Waals surface area contributed by atoms with Crippen LogP contribution in [-0.2, 0) is 0 Å². The van der Waals surface area contributed by atoms with Crippen molar-refractivity contribution in [2.75, 3.05) is 11.9 Å². The molecule has 0 spiro atoms. The maximum Gasteiger partial charge on any atom is 0.0745 e. The van der Waals surface area contributed by atoms with E-state index in [2.05, 4.69) is 5.32 Å². The molecule has 14 heavy (non-hydrogen) atoms. The van der Waals surface area contributed by atoms with E-state index in [9.17, 15) is 0 Å². The Kier molecular flexibility index (Phi) is 4.45. The number of benzene rings is 1. The van der Waals surface area contributed by atoms with Crippen molar-refractivity contribution in [2.24, 2.45) is 5.73 Å². The van der Waals surface area contributed by atoms with Gasteiger partial charge in [-0.3, -0.25) is 0 Å². The van der Waals surface area contributed by atoms with Crippen molar-refractivity contribution >= 4 is 46.1 Å². The predicted octanol–water partition coefficient (Wildman–Crippen LogP) is 3.08. The van der Waals surface area contributed by atoms with Crippen LogP contribution in [0.2, 0.25) is 10.0 Å². The topological polar surface area (TPSA) is 38.0 Å². The number of rotatable bonds is 4. The molecule has 0 aliphatic rings. The van der Waals surface area contributed by atoms with E-state index in [4.69, 9.17) is 41.2 Å². The zero-order valence-corrected chi connectivity index (χ0v) is 9.72. The Hall–Kier alpha value is -0.510.